The Bertz CT molecular complexity index is 472. The molecule has 0 saturated carbocycles. The Hall–Kier alpha value is -1.72. The van der Waals surface area contributed by atoms with E-state index in [1.165, 1.54) is 0 Å². The van der Waals surface area contributed by atoms with E-state index < -0.39 is 23.5 Å². The lowest BCUT2D eigenvalue weighted by atomic mass is 10.2. The Morgan fingerprint density at radius 3 is 2.14 bits per heavy atom. The molecule has 1 aromatic carbocycles. The fourth-order valence-corrected chi connectivity index (χ4v) is 1.83. The van der Waals surface area contributed by atoms with E-state index in [4.69, 9.17) is 0 Å². The van der Waals surface area contributed by atoms with Gasteiger partial charge in [0.1, 0.15) is 0 Å². The van der Waals surface area contributed by atoms with Crippen molar-refractivity contribution < 1.29 is 18.0 Å². The molecule has 0 aliphatic heterocycles. The number of hydrogen-bond acceptors (Lipinski definition) is 1. The normalized spacial score (nSPS) is 10.5. The molecule has 6 heteroatoms. The molecule has 0 saturated heterocycles. The van der Waals surface area contributed by atoms with E-state index in [1.54, 1.807) is 4.90 Å². The van der Waals surface area contributed by atoms with Crippen LogP contribution in [-0.2, 0) is 0 Å². The first kappa shape index (κ1) is 17.3. The van der Waals surface area contributed by atoms with Crippen LogP contribution in [-0.4, -0.2) is 24.0 Å². The molecule has 0 aliphatic rings. The molecular formula is C15H21F3N2O. The number of nitrogens with one attached hydrogen (secondary N) is 1. The molecule has 1 N–H and O–H groups in total. The maximum Gasteiger partial charge on any atom is 0.321 e. The number of carbonyl (C=O) groups excluding carboxylic acids is 1. The minimum absolute atomic E-state index is 0.350. The number of nitrogens with zero attached hydrogens (tertiary/aromatic N) is 1. The molecule has 0 radical (unpaired) electrons. The third-order valence-electron chi connectivity index (χ3n) is 3.13. The van der Waals surface area contributed by atoms with Gasteiger partial charge in [-0.15, -0.1) is 0 Å². The molecule has 0 heterocycles. The summed E-state index contributed by atoms with van der Waals surface area (Å²) in [4.78, 5) is 13.7. The summed E-state index contributed by atoms with van der Waals surface area (Å²) in [6.07, 6.45) is 3.51. The number of carbonyl (C=O) groups is 1. The lowest BCUT2D eigenvalue weighted by Gasteiger charge is -2.23. The van der Waals surface area contributed by atoms with Crippen LogP contribution < -0.4 is 5.32 Å². The molecular weight excluding hydrogens is 281 g/mol. The average Bonchev–Trinajstić information content (AvgIpc) is 2.48. The standard InChI is InChI=1S/C15H21F3N2O/c1-3-5-9-20(10-6-4-2)15(21)19-12-8-7-11(16)13(17)14(12)18/h7-8H,3-6,9-10H2,1-2H3,(H,19,21). The first-order valence-electron chi connectivity index (χ1n) is 7.20. The zero-order valence-corrected chi connectivity index (χ0v) is 12.4. The quantitative estimate of drug-likeness (QED) is 0.737. The first-order valence-corrected chi connectivity index (χ1v) is 7.20. The molecule has 0 fully saturated rings. The summed E-state index contributed by atoms with van der Waals surface area (Å²) in [6, 6.07) is 1.31. The Morgan fingerprint density at radius 2 is 1.62 bits per heavy atom. The number of hydrogen-bond donors (Lipinski definition) is 1. The molecule has 118 valence electrons. The topological polar surface area (TPSA) is 32.3 Å². The van der Waals surface area contributed by atoms with Crippen LogP contribution in [0.15, 0.2) is 12.1 Å². The van der Waals surface area contributed by atoms with Crippen LogP contribution in [0.25, 0.3) is 0 Å². The van der Waals surface area contributed by atoms with Crippen LogP contribution in [0.2, 0.25) is 0 Å². The van der Waals surface area contributed by atoms with Gasteiger partial charge in [0.25, 0.3) is 0 Å². The molecule has 0 spiro atoms. The fraction of sp³-hybridized carbons (Fsp3) is 0.533. The van der Waals surface area contributed by atoms with Gasteiger partial charge in [-0.05, 0) is 25.0 Å². The van der Waals surface area contributed by atoms with E-state index in [-0.39, 0.29) is 5.69 Å². The van der Waals surface area contributed by atoms with Crippen molar-refractivity contribution in [2.45, 2.75) is 39.5 Å². The van der Waals surface area contributed by atoms with Crippen molar-refractivity contribution in [1.29, 1.82) is 0 Å². The lowest BCUT2D eigenvalue weighted by Crippen LogP contribution is -2.36. The highest BCUT2D eigenvalue weighted by Crippen LogP contribution is 2.20. The molecule has 21 heavy (non-hydrogen) atoms. The highest BCUT2D eigenvalue weighted by molar-refractivity contribution is 5.89. The van der Waals surface area contributed by atoms with Gasteiger partial charge in [0, 0.05) is 13.1 Å². The number of unbranched alkanes of at least 4 members (excludes halogenated alkanes) is 2. The number of anilines is 1. The van der Waals surface area contributed by atoms with Gasteiger partial charge in [0.15, 0.2) is 17.5 Å². The van der Waals surface area contributed by atoms with Crippen LogP contribution in [0.4, 0.5) is 23.7 Å². The third kappa shape index (κ3) is 4.95. The predicted molar refractivity (Wildman–Crippen MR) is 76.7 cm³/mol. The molecule has 1 rings (SSSR count). The molecule has 0 atom stereocenters. The van der Waals surface area contributed by atoms with E-state index >= 15 is 0 Å². The molecule has 0 aromatic heterocycles. The second-order valence-electron chi connectivity index (χ2n) is 4.85. The first-order chi connectivity index (χ1) is 10.0. The van der Waals surface area contributed by atoms with E-state index in [0.717, 1.165) is 37.8 Å². The van der Waals surface area contributed by atoms with E-state index in [0.29, 0.717) is 13.1 Å². The number of benzene rings is 1. The highest BCUT2D eigenvalue weighted by atomic mass is 19.2. The van der Waals surface area contributed by atoms with Gasteiger partial charge < -0.3 is 10.2 Å². The average molecular weight is 302 g/mol. The molecule has 2 amide bonds. The van der Waals surface area contributed by atoms with Crippen LogP contribution in [0.1, 0.15) is 39.5 Å². The SMILES string of the molecule is CCCCN(CCCC)C(=O)Nc1ccc(F)c(F)c1F. The summed E-state index contributed by atoms with van der Waals surface area (Å²) in [6.45, 7) is 5.11. The Labute approximate surface area is 123 Å². The van der Waals surface area contributed by atoms with Gasteiger partial charge in [-0.2, -0.15) is 0 Å². The van der Waals surface area contributed by atoms with Crippen LogP contribution in [0.5, 0.6) is 0 Å². The minimum Gasteiger partial charge on any atom is -0.325 e. The minimum atomic E-state index is -1.58. The van der Waals surface area contributed by atoms with E-state index in [1.807, 2.05) is 13.8 Å². The summed E-state index contributed by atoms with van der Waals surface area (Å²) < 4.78 is 39.5. The number of halogens is 3. The van der Waals surface area contributed by atoms with Crippen molar-refractivity contribution in [2.24, 2.45) is 0 Å². The summed E-state index contributed by atoms with van der Waals surface area (Å²) in [5.74, 6) is -4.24. The van der Waals surface area contributed by atoms with Gasteiger partial charge in [0.05, 0.1) is 5.69 Å². The van der Waals surface area contributed by atoms with Crippen molar-refractivity contribution in [3.05, 3.63) is 29.6 Å². The lowest BCUT2D eigenvalue weighted by molar-refractivity contribution is 0.209. The fourth-order valence-electron chi connectivity index (χ4n) is 1.83. The highest BCUT2D eigenvalue weighted by Gasteiger charge is 2.18. The zero-order valence-electron chi connectivity index (χ0n) is 12.4. The second-order valence-corrected chi connectivity index (χ2v) is 4.85. The van der Waals surface area contributed by atoms with Crippen molar-refractivity contribution in [3.8, 4) is 0 Å². The van der Waals surface area contributed by atoms with Crippen molar-refractivity contribution in [1.82, 2.24) is 4.90 Å². The van der Waals surface area contributed by atoms with Crippen molar-refractivity contribution >= 4 is 11.7 Å². The van der Waals surface area contributed by atoms with Gasteiger partial charge in [-0.1, -0.05) is 26.7 Å². The number of rotatable bonds is 7. The Morgan fingerprint density at radius 1 is 1.05 bits per heavy atom. The maximum atomic E-state index is 13.5. The van der Waals surface area contributed by atoms with Gasteiger partial charge in [-0.25, -0.2) is 18.0 Å². The molecule has 0 unspecified atom stereocenters. The Kier molecular flexibility index (Phi) is 7.05. The zero-order chi connectivity index (χ0) is 15.8. The Balaban J connectivity index is 2.78. The summed E-state index contributed by atoms with van der Waals surface area (Å²) >= 11 is 0. The van der Waals surface area contributed by atoms with Crippen molar-refractivity contribution in [2.75, 3.05) is 18.4 Å². The van der Waals surface area contributed by atoms with Gasteiger partial charge >= 0.3 is 6.03 Å². The second kappa shape index (κ2) is 8.54. The molecule has 3 nitrogen and oxygen atoms in total. The van der Waals surface area contributed by atoms with Crippen LogP contribution >= 0.6 is 0 Å². The number of urea groups is 1. The maximum absolute atomic E-state index is 13.5. The molecule has 0 bridgehead atoms. The van der Waals surface area contributed by atoms with E-state index in [9.17, 15) is 18.0 Å². The van der Waals surface area contributed by atoms with Gasteiger partial charge in [0.2, 0.25) is 0 Å². The number of amides is 2. The summed E-state index contributed by atoms with van der Waals surface area (Å²) in [7, 11) is 0. The van der Waals surface area contributed by atoms with E-state index in [2.05, 4.69) is 5.32 Å². The molecule has 1 aromatic rings. The van der Waals surface area contributed by atoms with Crippen molar-refractivity contribution in [3.63, 3.8) is 0 Å². The monoisotopic (exact) mass is 302 g/mol. The molecule has 0 aliphatic carbocycles. The smallest absolute Gasteiger partial charge is 0.321 e. The largest absolute Gasteiger partial charge is 0.325 e. The van der Waals surface area contributed by atoms with Crippen LogP contribution in [0, 0.1) is 17.5 Å². The summed E-state index contributed by atoms with van der Waals surface area (Å²) in [5, 5.41) is 2.30. The third-order valence-corrected chi connectivity index (χ3v) is 3.13. The predicted octanol–water partition coefficient (Wildman–Crippen LogP) is 4.54. The summed E-state index contributed by atoms with van der Waals surface area (Å²) in [5.41, 5.74) is -0.350. The van der Waals surface area contributed by atoms with Crippen LogP contribution in [0.3, 0.4) is 0 Å². The van der Waals surface area contributed by atoms with Gasteiger partial charge in [-0.3, -0.25) is 0 Å².